The predicted octanol–water partition coefficient (Wildman–Crippen LogP) is 3.35. The summed E-state index contributed by atoms with van der Waals surface area (Å²) < 4.78 is 11.2. The molecule has 0 aromatic heterocycles. The van der Waals surface area contributed by atoms with E-state index in [0.29, 0.717) is 24.3 Å². The standard InChI is InChI=1S/C16H29NO3/c1-11(2)14-7-6-12(3)9-15(14)20-16(18)17-10-13-5-4-8-19-13/h11-15H,4-10H2,1-3H3,(H,17,18)/t12?,13?,14-,15?/m0/s1. The number of hydrogen-bond acceptors (Lipinski definition) is 3. The van der Waals surface area contributed by atoms with Crippen LogP contribution in [-0.2, 0) is 9.47 Å². The Kier molecular flexibility index (Phi) is 5.70. The molecule has 1 N–H and O–H groups in total. The molecular formula is C16H29NO3. The number of hydrogen-bond donors (Lipinski definition) is 1. The van der Waals surface area contributed by atoms with Crippen molar-refractivity contribution in [1.29, 1.82) is 0 Å². The van der Waals surface area contributed by atoms with Crippen molar-refractivity contribution in [3.05, 3.63) is 0 Å². The van der Waals surface area contributed by atoms with Gasteiger partial charge in [0.25, 0.3) is 0 Å². The van der Waals surface area contributed by atoms with Gasteiger partial charge in [-0.1, -0.05) is 27.2 Å². The van der Waals surface area contributed by atoms with Crippen LogP contribution < -0.4 is 5.32 Å². The van der Waals surface area contributed by atoms with Crippen molar-refractivity contribution in [2.75, 3.05) is 13.2 Å². The van der Waals surface area contributed by atoms with Crippen molar-refractivity contribution >= 4 is 6.09 Å². The lowest BCUT2D eigenvalue weighted by Crippen LogP contribution is -2.40. The van der Waals surface area contributed by atoms with Gasteiger partial charge < -0.3 is 14.8 Å². The Bertz CT molecular complexity index is 313. The second-order valence-corrected chi connectivity index (χ2v) is 6.79. The number of alkyl carbamates (subject to hydrolysis) is 1. The van der Waals surface area contributed by atoms with Gasteiger partial charge in [-0.05, 0) is 43.4 Å². The Morgan fingerprint density at radius 1 is 1.35 bits per heavy atom. The van der Waals surface area contributed by atoms with E-state index < -0.39 is 0 Å². The summed E-state index contributed by atoms with van der Waals surface area (Å²) in [5.41, 5.74) is 0. The van der Waals surface area contributed by atoms with Crippen molar-refractivity contribution in [1.82, 2.24) is 5.32 Å². The summed E-state index contributed by atoms with van der Waals surface area (Å²) in [5.74, 6) is 1.72. The molecule has 0 radical (unpaired) electrons. The molecule has 20 heavy (non-hydrogen) atoms. The molecule has 0 bridgehead atoms. The van der Waals surface area contributed by atoms with Crippen LogP contribution in [0.4, 0.5) is 4.79 Å². The van der Waals surface area contributed by atoms with Crippen LogP contribution >= 0.6 is 0 Å². The topological polar surface area (TPSA) is 47.6 Å². The highest BCUT2D eigenvalue weighted by molar-refractivity contribution is 5.67. The van der Waals surface area contributed by atoms with Gasteiger partial charge in [-0.2, -0.15) is 0 Å². The van der Waals surface area contributed by atoms with Crippen LogP contribution in [0.5, 0.6) is 0 Å². The number of carbonyl (C=O) groups is 1. The fourth-order valence-corrected chi connectivity index (χ4v) is 3.43. The van der Waals surface area contributed by atoms with Crippen LogP contribution in [0.1, 0.15) is 52.9 Å². The lowest BCUT2D eigenvalue weighted by molar-refractivity contribution is 0.00431. The molecule has 0 spiro atoms. The van der Waals surface area contributed by atoms with E-state index in [4.69, 9.17) is 9.47 Å². The Morgan fingerprint density at radius 2 is 2.15 bits per heavy atom. The summed E-state index contributed by atoms with van der Waals surface area (Å²) in [4.78, 5) is 12.0. The fourth-order valence-electron chi connectivity index (χ4n) is 3.43. The molecule has 4 atom stereocenters. The minimum Gasteiger partial charge on any atom is -0.446 e. The third kappa shape index (κ3) is 4.37. The quantitative estimate of drug-likeness (QED) is 0.860. The number of nitrogens with one attached hydrogen (secondary N) is 1. The molecule has 1 saturated carbocycles. The summed E-state index contributed by atoms with van der Waals surface area (Å²) in [6.45, 7) is 8.09. The minimum atomic E-state index is -0.273. The number of carbonyl (C=O) groups excluding carboxylic acids is 1. The Hall–Kier alpha value is -0.770. The largest absolute Gasteiger partial charge is 0.446 e. The number of amides is 1. The van der Waals surface area contributed by atoms with E-state index in [1.54, 1.807) is 0 Å². The van der Waals surface area contributed by atoms with E-state index in [0.717, 1.165) is 25.9 Å². The highest BCUT2D eigenvalue weighted by Gasteiger charge is 2.33. The first-order valence-electron chi connectivity index (χ1n) is 8.12. The molecular weight excluding hydrogens is 254 g/mol. The van der Waals surface area contributed by atoms with E-state index in [1.165, 1.54) is 12.8 Å². The second-order valence-electron chi connectivity index (χ2n) is 6.79. The fraction of sp³-hybridized carbons (Fsp3) is 0.938. The molecule has 116 valence electrons. The maximum atomic E-state index is 12.0. The normalized spacial score (nSPS) is 34.2. The summed E-state index contributed by atoms with van der Waals surface area (Å²) in [7, 11) is 0. The van der Waals surface area contributed by atoms with Gasteiger partial charge in [0, 0.05) is 13.2 Å². The predicted molar refractivity (Wildman–Crippen MR) is 78.6 cm³/mol. The van der Waals surface area contributed by atoms with Crippen LogP contribution in [0.25, 0.3) is 0 Å². The first-order valence-corrected chi connectivity index (χ1v) is 8.12. The van der Waals surface area contributed by atoms with Gasteiger partial charge >= 0.3 is 6.09 Å². The molecule has 3 unspecified atom stereocenters. The van der Waals surface area contributed by atoms with Crippen LogP contribution in [0.2, 0.25) is 0 Å². The van der Waals surface area contributed by atoms with E-state index in [9.17, 15) is 4.79 Å². The van der Waals surface area contributed by atoms with Gasteiger partial charge in [0.2, 0.25) is 0 Å². The maximum absolute atomic E-state index is 12.0. The first-order chi connectivity index (χ1) is 9.56. The Morgan fingerprint density at radius 3 is 2.80 bits per heavy atom. The van der Waals surface area contributed by atoms with E-state index >= 15 is 0 Å². The average Bonchev–Trinajstić information content (AvgIpc) is 2.89. The Labute approximate surface area is 122 Å². The third-order valence-corrected chi connectivity index (χ3v) is 4.72. The van der Waals surface area contributed by atoms with Crippen LogP contribution in [0.3, 0.4) is 0 Å². The van der Waals surface area contributed by atoms with Crippen LogP contribution in [0, 0.1) is 17.8 Å². The zero-order valence-corrected chi connectivity index (χ0v) is 13.1. The summed E-state index contributed by atoms with van der Waals surface area (Å²) in [6.07, 6.45) is 5.52. The highest BCUT2D eigenvalue weighted by Crippen LogP contribution is 2.35. The van der Waals surface area contributed by atoms with Gasteiger partial charge in [0.05, 0.1) is 6.10 Å². The van der Waals surface area contributed by atoms with Gasteiger partial charge in [0.15, 0.2) is 0 Å². The monoisotopic (exact) mass is 283 g/mol. The van der Waals surface area contributed by atoms with Crippen molar-refractivity contribution in [3.8, 4) is 0 Å². The molecule has 1 aliphatic heterocycles. The van der Waals surface area contributed by atoms with Gasteiger partial charge in [0.1, 0.15) is 6.10 Å². The SMILES string of the molecule is CC1CC[C@@H](C(C)C)C(OC(=O)NCC2CCCO2)C1. The zero-order chi connectivity index (χ0) is 14.5. The van der Waals surface area contributed by atoms with Gasteiger partial charge in [-0.25, -0.2) is 4.79 Å². The van der Waals surface area contributed by atoms with Gasteiger partial charge in [-0.15, -0.1) is 0 Å². The lowest BCUT2D eigenvalue weighted by Gasteiger charge is -2.36. The van der Waals surface area contributed by atoms with E-state index in [2.05, 4.69) is 26.1 Å². The molecule has 0 aromatic carbocycles. The molecule has 1 saturated heterocycles. The highest BCUT2D eigenvalue weighted by atomic mass is 16.6. The first kappa shape index (κ1) is 15.6. The molecule has 1 aliphatic carbocycles. The van der Waals surface area contributed by atoms with Crippen LogP contribution in [0.15, 0.2) is 0 Å². The summed E-state index contributed by atoms with van der Waals surface area (Å²) >= 11 is 0. The molecule has 1 heterocycles. The Balaban J connectivity index is 1.77. The van der Waals surface area contributed by atoms with Crippen molar-refractivity contribution < 1.29 is 14.3 Å². The molecule has 2 aliphatic rings. The molecule has 0 aromatic rings. The molecule has 2 fully saturated rings. The van der Waals surface area contributed by atoms with E-state index in [1.807, 2.05) is 0 Å². The third-order valence-electron chi connectivity index (χ3n) is 4.72. The van der Waals surface area contributed by atoms with Crippen molar-refractivity contribution in [2.24, 2.45) is 17.8 Å². The average molecular weight is 283 g/mol. The van der Waals surface area contributed by atoms with Crippen LogP contribution in [-0.4, -0.2) is 31.5 Å². The van der Waals surface area contributed by atoms with Crippen molar-refractivity contribution in [2.45, 2.75) is 65.1 Å². The molecule has 4 heteroatoms. The van der Waals surface area contributed by atoms with E-state index in [-0.39, 0.29) is 18.3 Å². The number of rotatable bonds is 4. The smallest absolute Gasteiger partial charge is 0.407 e. The molecule has 2 rings (SSSR count). The summed E-state index contributed by atoms with van der Waals surface area (Å²) in [5, 5.41) is 2.86. The molecule has 4 nitrogen and oxygen atoms in total. The number of ether oxygens (including phenoxy) is 2. The summed E-state index contributed by atoms with van der Waals surface area (Å²) in [6, 6.07) is 0. The lowest BCUT2D eigenvalue weighted by atomic mass is 9.75. The van der Waals surface area contributed by atoms with Crippen molar-refractivity contribution in [3.63, 3.8) is 0 Å². The molecule has 1 amide bonds. The second kappa shape index (κ2) is 7.30. The maximum Gasteiger partial charge on any atom is 0.407 e. The van der Waals surface area contributed by atoms with Gasteiger partial charge in [-0.3, -0.25) is 0 Å². The minimum absolute atomic E-state index is 0.0725. The zero-order valence-electron chi connectivity index (χ0n) is 13.1.